The van der Waals surface area contributed by atoms with Crippen molar-refractivity contribution in [3.8, 4) is 0 Å². The van der Waals surface area contributed by atoms with Crippen LogP contribution in [0.15, 0.2) is 0 Å². The molecule has 0 aromatic heterocycles. The second-order valence-corrected chi connectivity index (χ2v) is 3.87. The summed E-state index contributed by atoms with van der Waals surface area (Å²) < 4.78 is 0. The average molecular weight is 218 g/mol. The molecule has 0 fully saturated rings. The molecule has 0 spiro atoms. The van der Waals surface area contributed by atoms with E-state index in [0.717, 1.165) is 0 Å². The second kappa shape index (κ2) is 5.55. The maximum absolute atomic E-state index is 11.6. The summed E-state index contributed by atoms with van der Waals surface area (Å²) in [6.07, 6.45) is -1.16. The van der Waals surface area contributed by atoms with Crippen LogP contribution >= 0.6 is 0 Å². The van der Waals surface area contributed by atoms with Gasteiger partial charge in [-0.25, -0.2) is 4.79 Å². The molecule has 2 amide bonds. The number of rotatable bonds is 5. The molecule has 0 saturated heterocycles. The lowest BCUT2D eigenvalue weighted by atomic mass is 9.84. The van der Waals surface area contributed by atoms with Crippen molar-refractivity contribution in [2.24, 2.45) is 5.41 Å². The van der Waals surface area contributed by atoms with Crippen LogP contribution in [0.4, 0.5) is 4.79 Å². The molecule has 4 N–H and O–H groups in total. The van der Waals surface area contributed by atoms with Crippen LogP contribution in [-0.4, -0.2) is 41.4 Å². The highest BCUT2D eigenvalue weighted by molar-refractivity contribution is 5.83. The average Bonchev–Trinajstić information content (AvgIpc) is 2.12. The standard InChI is InChI=1S/C9H18N2O4/c1-6(11-8(14)15)9(2,3)7(13)10-4-5-12/h6,11-12H,4-5H2,1-3H3,(H,10,13)(H,14,15). The molecule has 0 saturated carbocycles. The predicted molar refractivity (Wildman–Crippen MR) is 54.5 cm³/mol. The van der Waals surface area contributed by atoms with Gasteiger partial charge in [-0.3, -0.25) is 4.79 Å². The molecule has 0 aliphatic heterocycles. The fourth-order valence-corrected chi connectivity index (χ4v) is 0.960. The molecule has 1 atom stereocenters. The third kappa shape index (κ3) is 4.16. The molecule has 0 radical (unpaired) electrons. The van der Waals surface area contributed by atoms with Crippen molar-refractivity contribution in [3.05, 3.63) is 0 Å². The van der Waals surface area contributed by atoms with Crippen LogP contribution < -0.4 is 10.6 Å². The zero-order valence-corrected chi connectivity index (χ0v) is 9.20. The first-order chi connectivity index (χ1) is 6.82. The van der Waals surface area contributed by atoms with Gasteiger partial charge in [0.1, 0.15) is 0 Å². The quantitative estimate of drug-likeness (QED) is 0.512. The first kappa shape index (κ1) is 13.7. The summed E-state index contributed by atoms with van der Waals surface area (Å²) in [5, 5.41) is 21.8. The van der Waals surface area contributed by atoms with E-state index in [1.807, 2.05) is 0 Å². The topological polar surface area (TPSA) is 98.7 Å². The summed E-state index contributed by atoms with van der Waals surface area (Å²) in [7, 11) is 0. The van der Waals surface area contributed by atoms with Gasteiger partial charge in [-0.2, -0.15) is 0 Å². The Hall–Kier alpha value is -1.30. The number of carbonyl (C=O) groups excluding carboxylic acids is 1. The Morgan fingerprint density at radius 2 is 1.93 bits per heavy atom. The Kier molecular flexibility index (Phi) is 5.07. The lowest BCUT2D eigenvalue weighted by molar-refractivity contribution is -0.130. The first-order valence-electron chi connectivity index (χ1n) is 4.71. The predicted octanol–water partition coefficient (Wildman–Crippen LogP) is -0.223. The summed E-state index contributed by atoms with van der Waals surface area (Å²) in [5.41, 5.74) is -0.854. The molecule has 15 heavy (non-hydrogen) atoms. The molecule has 0 aromatic carbocycles. The Bertz CT molecular complexity index is 240. The Morgan fingerprint density at radius 1 is 1.40 bits per heavy atom. The number of aliphatic hydroxyl groups is 1. The molecule has 6 nitrogen and oxygen atoms in total. The van der Waals surface area contributed by atoms with Crippen LogP contribution in [-0.2, 0) is 4.79 Å². The van der Waals surface area contributed by atoms with Gasteiger partial charge in [0.25, 0.3) is 0 Å². The lowest BCUT2D eigenvalue weighted by Gasteiger charge is -2.30. The van der Waals surface area contributed by atoms with E-state index in [4.69, 9.17) is 10.2 Å². The number of carbonyl (C=O) groups is 2. The Labute approximate surface area is 88.7 Å². The molecule has 0 bridgehead atoms. The largest absolute Gasteiger partial charge is 0.465 e. The highest BCUT2D eigenvalue weighted by Gasteiger charge is 2.34. The fourth-order valence-electron chi connectivity index (χ4n) is 0.960. The second-order valence-electron chi connectivity index (χ2n) is 3.87. The summed E-state index contributed by atoms with van der Waals surface area (Å²) in [6.45, 7) is 4.93. The van der Waals surface area contributed by atoms with Gasteiger partial charge in [0.05, 0.1) is 12.0 Å². The number of hydrogen-bond acceptors (Lipinski definition) is 3. The number of nitrogens with one attached hydrogen (secondary N) is 2. The van der Waals surface area contributed by atoms with Gasteiger partial charge in [-0.15, -0.1) is 0 Å². The lowest BCUT2D eigenvalue weighted by Crippen LogP contribution is -2.51. The molecule has 0 aromatic rings. The van der Waals surface area contributed by atoms with Crippen LogP contribution in [0.3, 0.4) is 0 Å². The molecule has 0 aliphatic rings. The zero-order valence-electron chi connectivity index (χ0n) is 9.20. The Morgan fingerprint density at radius 3 is 2.33 bits per heavy atom. The summed E-state index contributed by atoms with van der Waals surface area (Å²) in [4.78, 5) is 22.0. The maximum atomic E-state index is 11.6. The van der Waals surface area contributed by atoms with E-state index < -0.39 is 17.6 Å². The van der Waals surface area contributed by atoms with Gasteiger partial charge in [0.2, 0.25) is 5.91 Å². The van der Waals surface area contributed by atoms with Crippen molar-refractivity contribution in [2.45, 2.75) is 26.8 Å². The third-order valence-corrected chi connectivity index (χ3v) is 2.41. The molecular weight excluding hydrogens is 200 g/mol. The first-order valence-corrected chi connectivity index (χ1v) is 4.71. The zero-order chi connectivity index (χ0) is 12.1. The SMILES string of the molecule is CC(NC(=O)O)C(C)(C)C(=O)NCCO. The van der Waals surface area contributed by atoms with E-state index >= 15 is 0 Å². The minimum Gasteiger partial charge on any atom is -0.465 e. The van der Waals surface area contributed by atoms with E-state index in [2.05, 4.69) is 10.6 Å². The fraction of sp³-hybridized carbons (Fsp3) is 0.778. The number of aliphatic hydroxyl groups excluding tert-OH is 1. The molecule has 88 valence electrons. The van der Waals surface area contributed by atoms with Crippen molar-refractivity contribution >= 4 is 12.0 Å². The summed E-state index contributed by atoms with van der Waals surface area (Å²) in [6, 6.07) is -0.506. The van der Waals surface area contributed by atoms with Crippen LogP contribution in [0, 0.1) is 5.41 Å². The normalized spacial score (nSPS) is 13.1. The minimum absolute atomic E-state index is 0.136. The van der Waals surface area contributed by atoms with Crippen molar-refractivity contribution in [3.63, 3.8) is 0 Å². The van der Waals surface area contributed by atoms with Crippen LogP contribution in [0.2, 0.25) is 0 Å². The van der Waals surface area contributed by atoms with E-state index in [0.29, 0.717) is 0 Å². The van der Waals surface area contributed by atoms with E-state index in [-0.39, 0.29) is 19.1 Å². The summed E-state index contributed by atoms with van der Waals surface area (Å²) >= 11 is 0. The maximum Gasteiger partial charge on any atom is 0.404 e. The van der Waals surface area contributed by atoms with E-state index in [1.54, 1.807) is 20.8 Å². The minimum atomic E-state index is -1.16. The molecular formula is C9H18N2O4. The number of amides is 2. The van der Waals surface area contributed by atoms with Gasteiger partial charge in [-0.1, -0.05) is 0 Å². The summed E-state index contributed by atoms with van der Waals surface area (Å²) in [5.74, 6) is -0.294. The molecule has 0 heterocycles. The van der Waals surface area contributed by atoms with Gasteiger partial charge >= 0.3 is 6.09 Å². The van der Waals surface area contributed by atoms with E-state index in [1.165, 1.54) is 0 Å². The van der Waals surface area contributed by atoms with Crippen molar-refractivity contribution in [1.29, 1.82) is 0 Å². The molecule has 0 rings (SSSR count). The van der Waals surface area contributed by atoms with Gasteiger partial charge in [-0.05, 0) is 20.8 Å². The van der Waals surface area contributed by atoms with Gasteiger partial charge in [0, 0.05) is 12.6 Å². The highest BCUT2D eigenvalue weighted by Crippen LogP contribution is 2.20. The van der Waals surface area contributed by atoms with E-state index in [9.17, 15) is 9.59 Å². The van der Waals surface area contributed by atoms with Crippen molar-refractivity contribution in [2.75, 3.05) is 13.2 Å². The van der Waals surface area contributed by atoms with Crippen LogP contribution in [0.1, 0.15) is 20.8 Å². The van der Waals surface area contributed by atoms with Crippen LogP contribution in [0.25, 0.3) is 0 Å². The highest BCUT2D eigenvalue weighted by atomic mass is 16.4. The third-order valence-electron chi connectivity index (χ3n) is 2.41. The molecule has 6 heteroatoms. The van der Waals surface area contributed by atoms with Crippen LogP contribution in [0.5, 0.6) is 0 Å². The monoisotopic (exact) mass is 218 g/mol. The molecule has 0 aliphatic carbocycles. The molecule has 1 unspecified atom stereocenters. The van der Waals surface area contributed by atoms with Gasteiger partial charge < -0.3 is 20.8 Å². The van der Waals surface area contributed by atoms with Crippen molar-refractivity contribution < 1.29 is 19.8 Å². The smallest absolute Gasteiger partial charge is 0.404 e. The Balaban J connectivity index is 4.36. The van der Waals surface area contributed by atoms with Gasteiger partial charge in [0.15, 0.2) is 0 Å². The number of carboxylic acid groups (broad SMARTS) is 1. The van der Waals surface area contributed by atoms with Crippen molar-refractivity contribution in [1.82, 2.24) is 10.6 Å². The number of hydrogen-bond donors (Lipinski definition) is 4.